The van der Waals surface area contributed by atoms with Crippen molar-refractivity contribution < 1.29 is 24.9 Å². The van der Waals surface area contributed by atoms with Gasteiger partial charge in [0.1, 0.15) is 18.3 Å². The van der Waals surface area contributed by atoms with E-state index in [1.54, 1.807) is 0 Å². The largest absolute Gasteiger partial charge is 0.394 e. The van der Waals surface area contributed by atoms with Gasteiger partial charge in [-0.2, -0.15) is 15.1 Å². The topological polar surface area (TPSA) is 172 Å². The molecule has 4 atom stereocenters. The summed E-state index contributed by atoms with van der Waals surface area (Å²) < 4.78 is 8.51. The van der Waals surface area contributed by atoms with E-state index >= 15 is 0 Å². The second-order valence-electron chi connectivity index (χ2n) is 8.45. The van der Waals surface area contributed by atoms with Gasteiger partial charge in [0.15, 0.2) is 23.2 Å². The fourth-order valence-corrected chi connectivity index (χ4v) is 3.98. The van der Waals surface area contributed by atoms with Crippen LogP contribution in [-0.4, -0.2) is 82.0 Å². The molecule has 13 nitrogen and oxygen atoms in total. The molecule has 3 aromatic heterocycles. The van der Waals surface area contributed by atoms with E-state index in [1.807, 2.05) is 38.1 Å². The molecule has 4 heterocycles. The van der Waals surface area contributed by atoms with E-state index in [0.717, 1.165) is 11.3 Å². The van der Waals surface area contributed by atoms with Gasteiger partial charge in [0.2, 0.25) is 0 Å². The van der Waals surface area contributed by atoms with Crippen molar-refractivity contribution in [3.63, 3.8) is 0 Å². The van der Waals surface area contributed by atoms with Crippen LogP contribution >= 0.6 is 0 Å². The van der Waals surface area contributed by atoms with Crippen LogP contribution in [0.15, 0.2) is 43.0 Å². The zero-order valence-corrected chi connectivity index (χ0v) is 19.6. The van der Waals surface area contributed by atoms with Crippen molar-refractivity contribution in [2.45, 2.75) is 38.4 Å². The Balaban J connectivity index is 1.61. The maximum absolute atomic E-state index is 12.2. The molecule has 5 rings (SSSR count). The minimum absolute atomic E-state index is 0.140. The molecular formula is C23H26N8O5. The van der Waals surface area contributed by atoms with Crippen LogP contribution in [0.4, 0.5) is 11.5 Å². The lowest BCUT2D eigenvalue weighted by Crippen LogP contribution is -2.33. The fraction of sp³-hybridized carbons (Fsp3) is 0.348. The third kappa shape index (κ3) is 4.28. The van der Waals surface area contributed by atoms with Crippen LogP contribution in [0.3, 0.4) is 0 Å². The first-order chi connectivity index (χ1) is 17.4. The molecule has 1 amide bonds. The molecule has 0 unspecified atom stereocenters. The van der Waals surface area contributed by atoms with Gasteiger partial charge < -0.3 is 30.7 Å². The van der Waals surface area contributed by atoms with Gasteiger partial charge in [-0.25, -0.2) is 9.67 Å². The highest BCUT2D eigenvalue weighted by Gasteiger charge is 2.44. The summed E-state index contributed by atoms with van der Waals surface area (Å²) in [5, 5.41) is 40.5. The van der Waals surface area contributed by atoms with E-state index < -0.39 is 31.1 Å². The van der Waals surface area contributed by atoms with Crippen LogP contribution in [0.1, 0.15) is 29.1 Å². The average molecular weight is 495 g/mol. The summed E-state index contributed by atoms with van der Waals surface area (Å²) in [5.74, 6) is 0.222. The summed E-state index contributed by atoms with van der Waals surface area (Å²) in [6, 6.07) is 7.69. The third-order valence-electron chi connectivity index (χ3n) is 5.90. The van der Waals surface area contributed by atoms with Gasteiger partial charge >= 0.3 is 0 Å². The summed E-state index contributed by atoms with van der Waals surface area (Å²) in [6.07, 6.45) is -0.257. The van der Waals surface area contributed by atoms with Crippen molar-refractivity contribution in [2.24, 2.45) is 0 Å². The van der Waals surface area contributed by atoms with Gasteiger partial charge in [0.25, 0.3) is 11.9 Å². The number of carbonyl (C=O) groups excluding carboxylic acids is 1. The molecule has 5 N–H and O–H groups in total. The molecule has 188 valence electrons. The molecule has 0 radical (unpaired) electrons. The van der Waals surface area contributed by atoms with Gasteiger partial charge in [0.05, 0.1) is 24.7 Å². The lowest BCUT2D eigenvalue weighted by molar-refractivity contribution is -0.0511. The number of aliphatic hydroxyl groups excluding tert-OH is 3. The lowest BCUT2D eigenvalue weighted by Gasteiger charge is -2.17. The number of imidazole rings is 1. The molecule has 13 heteroatoms. The van der Waals surface area contributed by atoms with Crippen LogP contribution in [-0.2, 0) is 4.74 Å². The zero-order chi connectivity index (χ0) is 25.4. The highest BCUT2D eigenvalue weighted by atomic mass is 16.6. The van der Waals surface area contributed by atoms with Crippen molar-refractivity contribution in [3.05, 3.63) is 54.1 Å². The number of hydrogen-bond acceptors (Lipinski definition) is 10. The first-order valence-electron chi connectivity index (χ1n) is 11.4. The monoisotopic (exact) mass is 494 g/mol. The number of anilines is 2. The Morgan fingerprint density at radius 3 is 2.64 bits per heavy atom. The Hall–Kier alpha value is -3.91. The maximum Gasteiger partial charge on any atom is 0.254 e. The Morgan fingerprint density at radius 1 is 1.17 bits per heavy atom. The first-order valence-corrected chi connectivity index (χ1v) is 11.4. The number of fused-ring (bicyclic) bond motifs is 1. The van der Waals surface area contributed by atoms with Crippen molar-refractivity contribution in [1.29, 1.82) is 0 Å². The van der Waals surface area contributed by atoms with E-state index in [-0.39, 0.29) is 11.9 Å². The van der Waals surface area contributed by atoms with E-state index in [2.05, 4.69) is 30.7 Å². The summed E-state index contributed by atoms with van der Waals surface area (Å²) in [5.41, 5.74) is 2.87. The van der Waals surface area contributed by atoms with Crippen molar-refractivity contribution in [1.82, 2.24) is 34.6 Å². The molecule has 4 aromatic rings. The molecule has 1 saturated heterocycles. The predicted octanol–water partition coefficient (Wildman–Crippen LogP) is 0.425. The lowest BCUT2D eigenvalue weighted by atomic mass is 10.1. The Labute approximate surface area is 205 Å². The normalized spacial score (nSPS) is 21.7. The average Bonchev–Trinajstić information content (AvgIpc) is 3.59. The highest BCUT2D eigenvalue weighted by molar-refractivity contribution is 5.93. The first kappa shape index (κ1) is 23.8. The molecule has 0 aliphatic carbocycles. The maximum atomic E-state index is 12.2. The smallest absolute Gasteiger partial charge is 0.254 e. The molecule has 1 aliphatic rings. The summed E-state index contributed by atoms with van der Waals surface area (Å²) in [7, 11) is 0. The van der Waals surface area contributed by atoms with Gasteiger partial charge in [-0.1, -0.05) is 17.7 Å². The molecule has 0 spiro atoms. The molecule has 1 aromatic carbocycles. The number of nitrogens with one attached hydrogen (secondary N) is 2. The number of ether oxygens (including phenoxy) is 1. The van der Waals surface area contributed by atoms with E-state index in [1.165, 1.54) is 28.0 Å². The summed E-state index contributed by atoms with van der Waals surface area (Å²) >= 11 is 0. The molecular weight excluding hydrogens is 468 g/mol. The molecule has 0 saturated carbocycles. The molecule has 36 heavy (non-hydrogen) atoms. The van der Waals surface area contributed by atoms with Gasteiger partial charge in [-0.05, 0) is 26.0 Å². The fourth-order valence-electron chi connectivity index (χ4n) is 3.98. The number of carbonyl (C=O) groups is 1. The van der Waals surface area contributed by atoms with E-state index in [9.17, 15) is 20.1 Å². The predicted molar refractivity (Wildman–Crippen MR) is 128 cm³/mol. The Morgan fingerprint density at radius 2 is 1.94 bits per heavy atom. The number of aryl methyl sites for hydroxylation is 1. The van der Waals surface area contributed by atoms with Crippen LogP contribution in [0.2, 0.25) is 0 Å². The number of amides is 1. The summed E-state index contributed by atoms with van der Waals surface area (Å²) in [4.78, 5) is 25.8. The number of aliphatic hydroxyl groups is 3. The minimum atomic E-state index is -1.32. The van der Waals surface area contributed by atoms with Crippen molar-refractivity contribution >= 4 is 28.6 Å². The van der Waals surface area contributed by atoms with Gasteiger partial charge in [-0.15, -0.1) is 0 Å². The van der Waals surface area contributed by atoms with Crippen molar-refractivity contribution in [3.8, 4) is 5.95 Å². The highest BCUT2D eigenvalue weighted by Crippen LogP contribution is 2.33. The number of benzene rings is 1. The van der Waals surface area contributed by atoms with Crippen LogP contribution in [0.5, 0.6) is 0 Å². The third-order valence-corrected chi connectivity index (χ3v) is 5.90. The number of rotatable bonds is 7. The Kier molecular flexibility index (Phi) is 6.36. The SMILES string of the molecule is CCNC(=O)c1cnn(-c2nc(Nc3ccc(C)cc3)c3ncn([C@@H]4O[C@H](CO)[C@@H](O)[C@H]4O)c3n2)c1. The molecule has 1 fully saturated rings. The second kappa shape index (κ2) is 9.62. The van der Waals surface area contributed by atoms with Gasteiger partial charge in [-0.3, -0.25) is 9.36 Å². The Bertz CT molecular complexity index is 1390. The van der Waals surface area contributed by atoms with Crippen molar-refractivity contribution in [2.75, 3.05) is 18.5 Å². The minimum Gasteiger partial charge on any atom is -0.394 e. The van der Waals surface area contributed by atoms with Gasteiger partial charge in [0, 0.05) is 18.4 Å². The molecule has 1 aliphatic heterocycles. The summed E-state index contributed by atoms with van der Waals surface area (Å²) in [6.45, 7) is 3.82. The van der Waals surface area contributed by atoms with E-state index in [4.69, 9.17) is 4.74 Å². The zero-order valence-electron chi connectivity index (χ0n) is 19.6. The number of aromatic nitrogens is 6. The van der Waals surface area contributed by atoms with Crippen LogP contribution < -0.4 is 10.6 Å². The molecule has 0 bridgehead atoms. The van der Waals surface area contributed by atoms with Crippen LogP contribution in [0.25, 0.3) is 17.1 Å². The number of nitrogens with zero attached hydrogens (tertiary/aromatic N) is 6. The van der Waals surface area contributed by atoms with E-state index in [0.29, 0.717) is 29.1 Å². The number of hydrogen-bond donors (Lipinski definition) is 5. The second-order valence-corrected chi connectivity index (χ2v) is 8.45. The quantitative estimate of drug-likeness (QED) is 0.242. The van der Waals surface area contributed by atoms with Crippen LogP contribution in [0, 0.1) is 6.92 Å². The standard InChI is InChI=1S/C23H26N8O5/c1-3-24-21(35)13-8-26-31(9-13)23-28-19(27-14-6-4-12(2)5-7-14)16-20(29-23)30(11-25-16)22-18(34)17(33)15(10-32)36-22/h4-9,11,15,17-18,22,32-34H,3,10H2,1-2H3,(H,24,35)(H,27,28,29)/t15-,17-,18-,22-/m1/s1.